The summed E-state index contributed by atoms with van der Waals surface area (Å²) in [6.45, 7) is 5.32. The first-order valence-corrected chi connectivity index (χ1v) is 9.20. The maximum absolute atomic E-state index is 12.6. The molecule has 0 aliphatic carbocycles. The average molecular weight is 438 g/mol. The molecule has 1 atom stereocenters. The summed E-state index contributed by atoms with van der Waals surface area (Å²) in [6.07, 6.45) is 0.964. The maximum Gasteiger partial charge on any atom is 0.329 e. The molecule has 0 saturated carbocycles. The van der Waals surface area contributed by atoms with Crippen molar-refractivity contribution in [2.24, 2.45) is 0 Å². The lowest BCUT2D eigenvalue weighted by atomic mass is 10.0. The number of phenols is 2. The van der Waals surface area contributed by atoms with Crippen LogP contribution in [0, 0.1) is 0 Å². The second-order valence-corrected chi connectivity index (χ2v) is 7.69. The summed E-state index contributed by atoms with van der Waals surface area (Å²) >= 11 is 0. The molecule has 6 nitrogen and oxygen atoms in total. The number of nitrogens with one attached hydrogen (secondary N) is 1. The number of hydrogen-bond donors (Lipinski definition) is 3. The van der Waals surface area contributed by atoms with E-state index in [-0.39, 0.29) is 55.4 Å². The van der Waals surface area contributed by atoms with Crippen molar-refractivity contribution in [1.82, 2.24) is 5.32 Å². The maximum atomic E-state index is 12.6. The van der Waals surface area contributed by atoms with Crippen LogP contribution in [0.4, 0.5) is 0 Å². The number of amides is 1. The molecule has 0 radical (unpaired) electrons. The Morgan fingerprint density at radius 3 is 1.81 bits per heavy atom. The minimum absolute atomic E-state index is 0. The minimum Gasteiger partial charge on any atom is -0.508 e. The lowest BCUT2D eigenvalue weighted by molar-refractivity contribution is -0.158. The number of carbonyl (C=O) groups is 2. The Bertz CT molecular complexity index is 803. The molecular weight excluding hydrogens is 394 g/mol. The van der Waals surface area contributed by atoms with Crippen molar-refractivity contribution < 1.29 is 27.4 Å². The number of aryl methyl sites for hydroxylation is 1. The molecule has 2 aromatic carbocycles. The molecule has 0 aromatic heterocycles. The molecule has 2 rings (SSSR count). The first kappa shape index (κ1) is 30.2. The molecule has 31 heavy (non-hydrogen) atoms. The van der Waals surface area contributed by atoms with Gasteiger partial charge in [0.05, 0.1) is 0 Å². The second kappa shape index (κ2) is 13.3. The number of esters is 1. The zero-order valence-corrected chi connectivity index (χ0v) is 16.4. The molecule has 0 saturated heterocycles. The second-order valence-electron chi connectivity index (χ2n) is 7.69. The minimum atomic E-state index is -0.823. The van der Waals surface area contributed by atoms with Gasteiger partial charge in [-0.2, -0.15) is 0 Å². The molecule has 0 aliphatic heterocycles. The van der Waals surface area contributed by atoms with E-state index in [0.717, 1.165) is 11.1 Å². The first-order valence-electron chi connectivity index (χ1n) is 9.20. The third-order valence-electron chi connectivity index (χ3n) is 3.98. The largest absolute Gasteiger partial charge is 0.508 e. The molecule has 6 heteroatoms. The normalized spacial score (nSPS) is 11.1. The standard InChI is InChI=1S/C22H27NO5.3CH4.2H2/c1-22(2,3)28-21(27)19(14-16-6-11-18(25)12-7-16)23-20(26)13-8-15-4-9-17(24)10-5-15;;;;;/h4-7,9-12,19,24-25H,8,13-14H2,1-3H3,(H,23,26);3*1H4;2*1H. The Balaban J connectivity index is -0.000000841. The van der Waals surface area contributed by atoms with Crippen molar-refractivity contribution in [3.8, 4) is 11.5 Å². The van der Waals surface area contributed by atoms with Gasteiger partial charge in [0.15, 0.2) is 0 Å². The fourth-order valence-electron chi connectivity index (χ4n) is 2.62. The monoisotopic (exact) mass is 437 g/mol. The number of carbonyl (C=O) groups excluding carboxylic acids is 2. The molecule has 1 unspecified atom stereocenters. The average Bonchev–Trinajstić information content (AvgIpc) is 2.61. The molecule has 178 valence electrons. The van der Waals surface area contributed by atoms with Crippen LogP contribution in [0.2, 0.25) is 0 Å². The number of benzene rings is 2. The summed E-state index contributed by atoms with van der Waals surface area (Å²) in [5.41, 5.74) is 1.05. The lowest BCUT2D eigenvalue weighted by Crippen LogP contribution is -2.45. The molecule has 0 aliphatic rings. The van der Waals surface area contributed by atoms with Crippen LogP contribution in [0.5, 0.6) is 11.5 Å². The highest BCUT2D eigenvalue weighted by Crippen LogP contribution is 2.15. The summed E-state index contributed by atoms with van der Waals surface area (Å²) in [5.74, 6) is -0.455. The van der Waals surface area contributed by atoms with Crippen LogP contribution in [0.1, 0.15) is 63.5 Å². The third kappa shape index (κ3) is 11.1. The summed E-state index contributed by atoms with van der Waals surface area (Å²) in [6, 6.07) is 12.3. The topological polar surface area (TPSA) is 95.9 Å². The molecule has 3 N–H and O–H groups in total. The van der Waals surface area contributed by atoms with Crippen LogP contribution in [0.3, 0.4) is 0 Å². The molecular formula is C25H43NO5. The fraction of sp³-hybridized carbons (Fsp3) is 0.440. The number of aromatic hydroxyl groups is 2. The molecule has 0 bridgehead atoms. The van der Waals surface area contributed by atoms with Gasteiger partial charge in [-0.15, -0.1) is 0 Å². The van der Waals surface area contributed by atoms with Crippen molar-refractivity contribution in [1.29, 1.82) is 0 Å². The van der Waals surface area contributed by atoms with E-state index in [1.54, 1.807) is 57.2 Å². The number of rotatable bonds is 7. The Labute approximate surface area is 190 Å². The van der Waals surface area contributed by atoms with E-state index in [2.05, 4.69) is 5.32 Å². The summed E-state index contributed by atoms with van der Waals surface area (Å²) in [7, 11) is 0. The van der Waals surface area contributed by atoms with E-state index in [0.29, 0.717) is 6.42 Å². The van der Waals surface area contributed by atoms with Crippen LogP contribution in [-0.2, 0) is 27.2 Å². The highest BCUT2D eigenvalue weighted by Gasteiger charge is 2.27. The quantitative estimate of drug-likeness (QED) is 0.497. The zero-order valence-electron chi connectivity index (χ0n) is 16.4. The van der Waals surface area contributed by atoms with Crippen molar-refractivity contribution in [3.05, 3.63) is 59.7 Å². The Kier molecular flexibility index (Phi) is 13.0. The van der Waals surface area contributed by atoms with Gasteiger partial charge in [-0.1, -0.05) is 46.5 Å². The predicted molar refractivity (Wildman–Crippen MR) is 130 cm³/mol. The van der Waals surface area contributed by atoms with Gasteiger partial charge in [0.2, 0.25) is 5.91 Å². The number of phenolic OH excluding ortho intramolecular Hbond substituents is 2. The van der Waals surface area contributed by atoms with Crippen molar-refractivity contribution in [3.63, 3.8) is 0 Å². The molecule has 0 spiro atoms. The lowest BCUT2D eigenvalue weighted by Gasteiger charge is -2.24. The summed E-state index contributed by atoms with van der Waals surface area (Å²) in [5, 5.41) is 21.5. The SMILES string of the molecule is C.C.C.CC(C)(C)OC(=O)C(Cc1ccc(O)cc1)NC(=O)CCc1ccc(O)cc1.[HH].[HH]. The van der Waals surface area contributed by atoms with Crippen LogP contribution in [0.25, 0.3) is 0 Å². The van der Waals surface area contributed by atoms with E-state index in [1.807, 2.05) is 0 Å². The van der Waals surface area contributed by atoms with Crippen LogP contribution in [0.15, 0.2) is 48.5 Å². The smallest absolute Gasteiger partial charge is 0.329 e. The highest BCUT2D eigenvalue weighted by atomic mass is 16.6. The van der Waals surface area contributed by atoms with E-state index < -0.39 is 17.6 Å². The van der Waals surface area contributed by atoms with Gasteiger partial charge in [0, 0.05) is 15.7 Å². The molecule has 2 aromatic rings. The van der Waals surface area contributed by atoms with Gasteiger partial charge < -0.3 is 20.3 Å². The van der Waals surface area contributed by atoms with Crippen molar-refractivity contribution in [2.75, 3.05) is 0 Å². The van der Waals surface area contributed by atoms with Crippen LogP contribution >= 0.6 is 0 Å². The Morgan fingerprint density at radius 2 is 1.35 bits per heavy atom. The zero-order chi connectivity index (χ0) is 20.7. The summed E-state index contributed by atoms with van der Waals surface area (Å²) < 4.78 is 5.44. The van der Waals surface area contributed by atoms with E-state index >= 15 is 0 Å². The van der Waals surface area contributed by atoms with Gasteiger partial charge in [-0.25, -0.2) is 4.79 Å². The fourth-order valence-corrected chi connectivity index (χ4v) is 2.62. The van der Waals surface area contributed by atoms with E-state index in [1.165, 1.54) is 12.1 Å². The van der Waals surface area contributed by atoms with Gasteiger partial charge >= 0.3 is 5.97 Å². The Hall–Kier alpha value is -3.02. The molecule has 1 amide bonds. The van der Waals surface area contributed by atoms with Gasteiger partial charge in [0.1, 0.15) is 23.1 Å². The van der Waals surface area contributed by atoms with Gasteiger partial charge in [-0.3, -0.25) is 4.79 Å². The van der Waals surface area contributed by atoms with Crippen molar-refractivity contribution >= 4 is 11.9 Å². The first-order chi connectivity index (χ1) is 13.1. The Morgan fingerprint density at radius 1 is 0.903 bits per heavy atom. The molecule has 0 heterocycles. The summed E-state index contributed by atoms with van der Waals surface area (Å²) in [4.78, 5) is 25.0. The van der Waals surface area contributed by atoms with E-state index in [4.69, 9.17) is 4.74 Å². The number of ether oxygens (including phenoxy) is 1. The predicted octanol–water partition coefficient (Wildman–Crippen LogP) is 5.50. The van der Waals surface area contributed by atoms with Crippen LogP contribution < -0.4 is 5.32 Å². The third-order valence-corrected chi connectivity index (χ3v) is 3.98. The van der Waals surface area contributed by atoms with E-state index in [9.17, 15) is 19.8 Å². The van der Waals surface area contributed by atoms with Crippen LogP contribution in [-0.4, -0.2) is 33.7 Å². The van der Waals surface area contributed by atoms with Crippen molar-refractivity contribution in [2.45, 2.75) is 74.0 Å². The van der Waals surface area contributed by atoms with Gasteiger partial charge in [0.25, 0.3) is 0 Å². The number of hydrogen-bond acceptors (Lipinski definition) is 5. The van der Waals surface area contributed by atoms with Gasteiger partial charge in [-0.05, 0) is 62.6 Å². The molecule has 0 fully saturated rings. The highest BCUT2D eigenvalue weighted by molar-refractivity contribution is 5.85.